The van der Waals surface area contributed by atoms with Gasteiger partial charge in [-0.25, -0.2) is 4.98 Å². The molecular weight excluding hydrogens is 282 g/mol. The molecule has 0 spiro atoms. The minimum atomic E-state index is 0.557. The number of nitrogens with zero attached hydrogens (tertiary/aromatic N) is 2. The van der Waals surface area contributed by atoms with Crippen LogP contribution in [0.1, 0.15) is 50.8 Å². The molecule has 0 aliphatic heterocycles. The summed E-state index contributed by atoms with van der Waals surface area (Å²) in [6, 6.07) is 7.76. The molecule has 0 unspecified atom stereocenters. The zero-order chi connectivity index (χ0) is 14.8. The third-order valence-electron chi connectivity index (χ3n) is 4.44. The lowest BCUT2D eigenvalue weighted by Gasteiger charge is -2.21. The van der Waals surface area contributed by atoms with Crippen LogP contribution in [0.15, 0.2) is 24.3 Å². The zero-order valence-corrected chi connectivity index (χ0v) is 13.2. The van der Waals surface area contributed by atoms with Crippen molar-refractivity contribution in [1.29, 1.82) is 0 Å². The lowest BCUT2D eigenvalue weighted by atomic mass is 9.88. The molecule has 4 heteroatoms. The number of benzene rings is 1. The molecule has 1 heterocycles. The van der Waals surface area contributed by atoms with E-state index in [9.17, 15) is 0 Å². The van der Waals surface area contributed by atoms with E-state index in [0.29, 0.717) is 5.92 Å². The van der Waals surface area contributed by atoms with Gasteiger partial charge in [0.25, 0.3) is 0 Å². The zero-order valence-electron chi connectivity index (χ0n) is 12.5. The maximum absolute atomic E-state index is 6.36. The predicted octanol–water partition coefficient (Wildman–Crippen LogP) is 4.85. The SMILES string of the molecule is CCn1c(C2CCCCC2)nc(-c2ccc(Cl)cc2)c1N. The summed E-state index contributed by atoms with van der Waals surface area (Å²) in [5.41, 5.74) is 8.30. The van der Waals surface area contributed by atoms with E-state index in [4.69, 9.17) is 22.3 Å². The minimum Gasteiger partial charge on any atom is -0.383 e. The van der Waals surface area contributed by atoms with E-state index < -0.39 is 0 Å². The maximum Gasteiger partial charge on any atom is 0.131 e. The van der Waals surface area contributed by atoms with Crippen molar-refractivity contribution in [2.45, 2.75) is 51.5 Å². The van der Waals surface area contributed by atoms with E-state index in [2.05, 4.69) is 11.5 Å². The monoisotopic (exact) mass is 303 g/mol. The molecule has 3 rings (SSSR count). The Labute approximate surface area is 131 Å². The van der Waals surface area contributed by atoms with E-state index in [-0.39, 0.29) is 0 Å². The molecule has 1 aromatic heterocycles. The van der Waals surface area contributed by atoms with E-state index in [1.165, 1.54) is 37.9 Å². The highest BCUT2D eigenvalue weighted by Gasteiger charge is 2.24. The third-order valence-corrected chi connectivity index (χ3v) is 4.69. The van der Waals surface area contributed by atoms with Gasteiger partial charge in [-0.2, -0.15) is 0 Å². The van der Waals surface area contributed by atoms with Gasteiger partial charge >= 0.3 is 0 Å². The number of halogens is 1. The van der Waals surface area contributed by atoms with Crippen LogP contribution in [-0.2, 0) is 6.54 Å². The molecule has 1 aliphatic carbocycles. The lowest BCUT2D eigenvalue weighted by molar-refractivity contribution is 0.418. The Kier molecular flexibility index (Phi) is 4.20. The normalized spacial score (nSPS) is 16.3. The van der Waals surface area contributed by atoms with Crippen LogP contribution in [-0.4, -0.2) is 9.55 Å². The summed E-state index contributed by atoms with van der Waals surface area (Å²) >= 11 is 5.97. The number of nitrogen functional groups attached to an aromatic ring is 1. The van der Waals surface area contributed by atoms with Crippen LogP contribution in [0.5, 0.6) is 0 Å². The van der Waals surface area contributed by atoms with Gasteiger partial charge in [0.15, 0.2) is 0 Å². The Morgan fingerprint density at radius 1 is 1.19 bits per heavy atom. The Morgan fingerprint density at radius 2 is 1.86 bits per heavy atom. The number of hydrogen-bond acceptors (Lipinski definition) is 2. The Morgan fingerprint density at radius 3 is 2.48 bits per heavy atom. The van der Waals surface area contributed by atoms with Crippen molar-refractivity contribution in [3.63, 3.8) is 0 Å². The van der Waals surface area contributed by atoms with Crippen LogP contribution in [0.2, 0.25) is 5.02 Å². The van der Waals surface area contributed by atoms with Crippen molar-refractivity contribution < 1.29 is 0 Å². The molecule has 0 saturated heterocycles. The second kappa shape index (κ2) is 6.10. The fraction of sp³-hybridized carbons (Fsp3) is 0.471. The number of rotatable bonds is 3. The third kappa shape index (κ3) is 2.80. The second-order valence-electron chi connectivity index (χ2n) is 5.79. The molecule has 1 aromatic carbocycles. The van der Waals surface area contributed by atoms with Crippen LogP contribution < -0.4 is 5.73 Å². The summed E-state index contributed by atoms with van der Waals surface area (Å²) in [5.74, 6) is 2.50. The first-order chi connectivity index (χ1) is 10.2. The Bertz CT molecular complexity index is 610. The molecule has 112 valence electrons. The predicted molar refractivity (Wildman–Crippen MR) is 88.6 cm³/mol. The molecule has 0 bridgehead atoms. The second-order valence-corrected chi connectivity index (χ2v) is 6.23. The van der Waals surface area contributed by atoms with Crippen LogP contribution in [0.25, 0.3) is 11.3 Å². The molecule has 0 radical (unpaired) electrons. The van der Waals surface area contributed by atoms with Crippen LogP contribution >= 0.6 is 11.6 Å². The average Bonchev–Trinajstić information content (AvgIpc) is 2.86. The number of nitrogens with two attached hydrogens (primary N) is 1. The van der Waals surface area contributed by atoms with Crippen LogP contribution in [0.3, 0.4) is 0 Å². The Hall–Kier alpha value is -1.48. The highest BCUT2D eigenvalue weighted by molar-refractivity contribution is 6.30. The summed E-state index contributed by atoms with van der Waals surface area (Å²) in [6.07, 6.45) is 6.42. The van der Waals surface area contributed by atoms with Gasteiger partial charge < -0.3 is 10.3 Å². The van der Waals surface area contributed by atoms with E-state index in [1.54, 1.807) is 0 Å². The molecule has 1 saturated carbocycles. The van der Waals surface area contributed by atoms with Gasteiger partial charge in [-0.1, -0.05) is 43.0 Å². The molecule has 1 aliphatic rings. The molecule has 21 heavy (non-hydrogen) atoms. The number of aromatic nitrogens is 2. The first-order valence-electron chi connectivity index (χ1n) is 7.82. The van der Waals surface area contributed by atoms with Crippen molar-refractivity contribution in [3.8, 4) is 11.3 Å². The van der Waals surface area contributed by atoms with E-state index >= 15 is 0 Å². The number of hydrogen-bond donors (Lipinski definition) is 1. The van der Waals surface area contributed by atoms with Crippen molar-refractivity contribution in [1.82, 2.24) is 9.55 Å². The maximum atomic E-state index is 6.36. The topological polar surface area (TPSA) is 43.8 Å². The molecular formula is C17H22ClN3. The van der Waals surface area contributed by atoms with Gasteiger partial charge in [-0.3, -0.25) is 0 Å². The van der Waals surface area contributed by atoms with Gasteiger partial charge in [-0.15, -0.1) is 0 Å². The summed E-state index contributed by atoms with van der Waals surface area (Å²) in [6.45, 7) is 3.01. The largest absolute Gasteiger partial charge is 0.383 e. The summed E-state index contributed by atoms with van der Waals surface area (Å²) < 4.78 is 2.18. The lowest BCUT2D eigenvalue weighted by Crippen LogP contribution is -2.12. The average molecular weight is 304 g/mol. The molecule has 2 N–H and O–H groups in total. The standard InChI is InChI=1S/C17H22ClN3/c1-2-21-16(19)15(12-8-10-14(18)11-9-12)20-17(21)13-6-4-3-5-7-13/h8-11,13H,2-7,19H2,1H3. The highest BCUT2D eigenvalue weighted by Crippen LogP contribution is 2.36. The van der Waals surface area contributed by atoms with Gasteiger partial charge in [0.05, 0.1) is 0 Å². The molecule has 0 amide bonds. The smallest absolute Gasteiger partial charge is 0.131 e. The summed E-state index contributed by atoms with van der Waals surface area (Å²) in [7, 11) is 0. The first kappa shape index (κ1) is 14.5. The van der Waals surface area contributed by atoms with Crippen LogP contribution in [0.4, 0.5) is 5.82 Å². The van der Waals surface area contributed by atoms with Crippen molar-refractivity contribution in [2.75, 3.05) is 5.73 Å². The summed E-state index contributed by atoms with van der Waals surface area (Å²) in [4.78, 5) is 4.90. The van der Waals surface area contributed by atoms with Crippen molar-refractivity contribution in [3.05, 3.63) is 35.1 Å². The number of imidazole rings is 1. The molecule has 3 nitrogen and oxygen atoms in total. The molecule has 2 aromatic rings. The minimum absolute atomic E-state index is 0.557. The first-order valence-corrected chi connectivity index (χ1v) is 8.20. The quantitative estimate of drug-likeness (QED) is 0.880. The van der Waals surface area contributed by atoms with E-state index in [1.807, 2.05) is 24.3 Å². The molecule has 0 atom stereocenters. The highest BCUT2D eigenvalue weighted by atomic mass is 35.5. The van der Waals surface area contributed by atoms with Gasteiger partial charge in [0, 0.05) is 23.0 Å². The van der Waals surface area contributed by atoms with Crippen molar-refractivity contribution >= 4 is 17.4 Å². The van der Waals surface area contributed by atoms with Gasteiger partial charge in [0.2, 0.25) is 0 Å². The fourth-order valence-corrected chi connectivity index (χ4v) is 3.43. The van der Waals surface area contributed by atoms with Gasteiger partial charge in [-0.05, 0) is 31.9 Å². The number of anilines is 1. The summed E-state index contributed by atoms with van der Waals surface area (Å²) in [5, 5.41) is 0.736. The van der Waals surface area contributed by atoms with E-state index in [0.717, 1.165) is 28.6 Å². The molecule has 1 fully saturated rings. The fourth-order valence-electron chi connectivity index (χ4n) is 3.31. The van der Waals surface area contributed by atoms with Crippen molar-refractivity contribution in [2.24, 2.45) is 0 Å². The van der Waals surface area contributed by atoms with Crippen LogP contribution in [0, 0.1) is 0 Å². The van der Waals surface area contributed by atoms with Gasteiger partial charge in [0.1, 0.15) is 17.3 Å². The Balaban J connectivity index is 2.02.